The van der Waals surface area contributed by atoms with Crippen molar-refractivity contribution in [2.24, 2.45) is 50.2 Å². The SMILES string of the molecule is COC[C@H]1O[C@@H](O[C@H]2[C@H](OC)[C@@H](OC)[C@H](O[C@H]3[C@H](O[C@H]4CC[C@@]5(C)[C@@H](CC[C@]6(C)[C@@H]5CC[C@]57OC[C@@]8(CCC(C)(C)C[C@H]85)[C@H](OC)C[C@]76C)[C@]4(C)COC)OC[C@H](O[C@@H]4O[C@H](COC)[C@@H](OC)[C@H](OC)[C@H]4O[C@@H]4OC[C@@H](OC)[C@H](OC)[C@H]4OC)[C@@H]3OC)O[C@@H]2COC)[C@H](OC)[C@@H](OC)[C@@H]1OC. The van der Waals surface area contributed by atoms with Gasteiger partial charge in [-0.3, -0.25) is 0 Å². The lowest BCUT2D eigenvalue weighted by atomic mass is 9.30. The zero-order valence-electron chi connectivity index (χ0n) is 64.7. The number of hydrogen-bond acceptors (Lipinski definition) is 27. The second kappa shape index (κ2) is 33.2. The number of methoxy groups -OCH3 is 16. The topological polar surface area (TPSA) is 249 Å². The molecule has 5 saturated carbocycles. The zero-order valence-corrected chi connectivity index (χ0v) is 64.7. The first-order valence-corrected chi connectivity index (χ1v) is 36.9. The molecule has 586 valence electrons. The van der Waals surface area contributed by atoms with Crippen LogP contribution in [0.3, 0.4) is 0 Å². The summed E-state index contributed by atoms with van der Waals surface area (Å²) >= 11 is 0. The van der Waals surface area contributed by atoms with Crippen molar-refractivity contribution in [1.82, 2.24) is 0 Å². The molecule has 11 aliphatic rings. The molecule has 27 heteroatoms. The Kier molecular flexibility index (Phi) is 26.6. The monoisotopic (exact) mass is 1450 g/mol. The van der Waals surface area contributed by atoms with Crippen molar-refractivity contribution < 1.29 is 128 Å². The maximum Gasteiger partial charge on any atom is 0.187 e. The van der Waals surface area contributed by atoms with Gasteiger partial charge >= 0.3 is 0 Å². The maximum atomic E-state index is 7.74. The summed E-state index contributed by atoms with van der Waals surface area (Å²) in [5.74, 6) is 1.03. The van der Waals surface area contributed by atoms with Crippen molar-refractivity contribution in [3.63, 3.8) is 0 Å². The fraction of sp³-hybridized carbons (Fsp3) is 1.00. The highest BCUT2D eigenvalue weighted by Crippen LogP contribution is 2.81. The summed E-state index contributed by atoms with van der Waals surface area (Å²) in [6.07, 6.45) is -9.80. The third kappa shape index (κ3) is 14.0. The Morgan fingerprint density at radius 1 is 0.347 bits per heavy atom. The van der Waals surface area contributed by atoms with Crippen LogP contribution in [0.25, 0.3) is 0 Å². The largest absolute Gasteiger partial charge is 0.384 e. The van der Waals surface area contributed by atoms with Crippen molar-refractivity contribution in [2.45, 2.75) is 265 Å². The molecule has 6 aliphatic heterocycles. The lowest BCUT2D eigenvalue weighted by molar-refractivity contribution is -0.403. The first-order valence-electron chi connectivity index (χ1n) is 36.9. The molecule has 34 atom stereocenters. The average molecular weight is 1450 g/mol. The summed E-state index contributed by atoms with van der Waals surface area (Å²) in [5.41, 5.74) is -0.705. The van der Waals surface area contributed by atoms with Crippen LogP contribution in [0.15, 0.2) is 0 Å². The minimum absolute atomic E-state index is 0.0248. The molecular formula is C74H128O27. The molecule has 27 nitrogen and oxygen atoms in total. The lowest BCUT2D eigenvalue weighted by Crippen LogP contribution is -2.74. The quantitative estimate of drug-likeness (QED) is 0.0727. The normalized spacial score (nSPS) is 50.4. The Labute approximate surface area is 600 Å². The van der Waals surface area contributed by atoms with Gasteiger partial charge in [-0.2, -0.15) is 0 Å². The van der Waals surface area contributed by atoms with Crippen LogP contribution in [0, 0.1) is 50.2 Å². The van der Waals surface area contributed by atoms with Crippen LogP contribution in [0.4, 0.5) is 0 Å². The summed E-state index contributed by atoms with van der Waals surface area (Å²) in [7, 11) is 26.0. The summed E-state index contributed by atoms with van der Waals surface area (Å²) in [5, 5.41) is 0. The van der Waals surface area contributed by atoms with Crippen molar-refractivity contribution in [1.29, 1.82) is 0 Å². The van der Waals surface area contributed by atoms with E-state index >= 15 is 0 Å². The van der Waals surface area contributed by atoms with Gasteiger partial charge in [-0.15, -0.1) is 0 Å². The predicted octanol–water partition coefficient (Wildman–Crippen LogP) is 6.19. The van der Waals surface area contributed by atoms with Gasteiger partial charge in [0, 0.05) is 130 Å². The predicted molar refractivity (Wildman–Crippen MR) is 361 cm³/mol. The molecule has 6 saturated heterocycles. The van der Waals surface area contributed by atoms with E-state index in [0.717, 1.165) is 58.0 Å². The van der Waals surface area contributed by atoms with Crippen molar-refractivity contribution in [2.75, 3.05) is 160 Å². The summed E-state index contributed by atoms with van der Waals surface area (Å²) < 4.78 is 177. The van der Waals surface area contributed by atoms with Gasteiger partial charge < -0.3 is 128 Å². The molecule has 0 amide bonds. The Bertz CT molecular complexity index is 2600. The third-order valence-electron chi connectivity index (χ3n) is 27.7. The molecule has 0 aromatic carbocycles. The summed E-state index contributed by atoms with van der Waals surface area (Å²) in [4.78, 5) is 0. The maximum absolute atomic E-state index is 7.74. The van der Waals surface area contributed by atoms with E-state index in [4.69, 9.17) is 128 Å². The van der Waals surface area contributed by atoms with Crippen LogP contribution >= 0.6 is 0 Å². The molecule has 0 N–H and O–H groups in total. The van der Waals surface area contributed by atoms with Crippen molar-refractivity contribution >= 4 is 0 Å². The van der Waals surface area contributed by atoms with E-state index in [1.54, 1.807) is 107 Å². The average Bonchev–Trinajstić information content (AvgIpc) is 1.60. The molecule has 101 heavy (non-hydrogen) atoms. The van der Waals surface area contributed by atoms with Crippen LogP contribution in [0.2, 0.25) is 0 Å². The van der Waals surface area contributed by atoms with Crippen LogP contribution in [-0.4, -0.2) is 319 Å². The fourth-order valence-electron chi connectivity index (χ4n) is 22.7. The molecule has 5 aliphatic carbocycles. The summed E-state index contributed by atoms with van der Waals surface area (Å²) in [6, 6.07) is 0. The van der Waals surface area contributed by atoms with Crippen LogP contribution in [0.1, 0.15) is 106 Å². The molecule has 0 aromatic heterocycles. The minimum Gasteiger partial charge on any atom is -0.384 e. The molecule has 0 radical (unpaired) electrons. The first-order chi connectivity index (χ1) is 48.5. The minimum atomic E-state index is -1.22. The lowest BCUT2D eigenvalue weighted by Gasteiger charge is -2.75. The van der Waals surface area contributed by atoms with E-state index in [2.05, 4.69) is 41.5 Å². The highest BCUT2D eigenvalue weighted by Gasteiger charge is 2.80. The smallest absolute Gasteiger partial charge is 0.187 e. The first kappa shape index (κ1) is 80.9. The van der Waals surface area contributed by atoms with Gasteiger partial charge in [-0.05, 0) is 98.2 Å². The molecule has 2 bridgehead atoms. The Hall–Kier alpha value is -1.08. The van der Waals surface area contributed by atoms with E-state index in [1.807, 2.05) is 7.11 Å². The van der Waals surface area contributed by atoms with Gasteiger partial charge in [0.15, 0.2) is 31.5 Å². The number of fused-ring (bicyclic) bond motifs is 4. The van der Waals surface area contributed by atoms with Gasteiger partial charge in [-0.1, -0.05) is 41.5 Å². The molecule has 0 aromatic rings. The van der Waals surface area contributed by atoms with E-state index in [9.17, 15) is 0 Å². The van der Waals surface area contributed by atoms with Gasteiger partial charge in [0.1, 0.15) is 110 Å². The van der Waals surface area contributed by atoms with E-state index in [0.29, 0.717) is 24.9 Å². The van der Waals surface area contributed by atoms with Crippen molar-refractivity contribution in [3.8, 4) is 0 Å². The molecule has 11 rings (SSSR count). The zero-order chi connectivity index (χ0) is 72.8. The Balaban J connectivity index is 0.933. The highest BCUT2D eigenvalue weighted by atomic mass is 16.8. The second-order valence-electron chi connectivity index (χ2n) is 32.5. The third-order valence-corrected chi connectivity index (χ3v) is 27.7. The number of hydrogen-bond donors (Lipinski definition) is 0. The van der Waals surface area contributed by atoms with E-state index in [-0.39, 0.29) is 77.7 Å². The Morgan fingerprint density at radius 2 is 0.812 bits per heavy atom. The molecule has 6 heterocycles. The fourth-order valence-corrected chi connectivity index (χ4v) is 22.7. The standard InChI is InChI=1S/C74H128O27/c1-68(2)29-30-73-39-93-74(47(73)31-68)28-24-46-69(3)26-25-48(70(4,38-78-10)45(69)23-27-71(46,5)72(74,6)32-49(73)80-12)98-64-61(101-66-60(90-22)57(87-19)54(43(96-66)35-77-9)99-65-59(89-21)55(85-17)51(82-14)41(94-65)33-75-7)53(84-16)44(37-92-64)97-67-62(56(86-18)52(83-15)42(95-67)34-76-8)100-63-58(88-20)50(81-13)40(79-11)36-91-63/h40-67H,23-39H2,1-22H3/t40-,41-,42-,43-,44+,45-,46-,47-,48+,49-,50+,51-,52-,53+,54-,55+,56+,57+,58-,59-,60-,61-,62-,63+,64+,65+,66+,67+,69+,70+,71-,72+,73-,74+/m1/s1. The molecule has 1 spiro atoms. The van der Waals surface area contributed by atoms with Crippen LogP contribution in [-0.2, 0) is 128 Å². The highest BCUT2D eigenvalue weighted by molar-refractivity contribution is 5.29. The number of rotatable bonds is 30. The van der Waals surface area contributed by atoms with Crippen LogP contribution in [0.5, 0.6) is 0 Å². The van der Waals surface area contributed by atoms with E-state index < -0.39 is 153 Å². The summed E-state index contributed by atoms with van der Waals surface area (Å²) in [6.45, 7) is 16.8. The van der Waals surface area contributed by atoms with Gasteiger partial charge in [-0.25, -0.2) is 0 Å². The molecule has 11 fully saturated rings. The molecule has 0 unspecified atom stereocenters. The van der Waals surface area contributed by atoms with E-state index in [1.165, 1.54) is 6.42 Å². The van der Waals surface area contributed by atoms with Gasteiger partial charge in [0.2, 0.25) is 0 Å². The molecular weight excluding hydrogens is 1320 g/mol. The van der Waals surface area contributed by atoms with Crippen LogP contribution < -0.4 is 0 Å². The second-order valence-corrected chi connectivity index (χ2v) is 32.5. The van der Waals surface area contributed by atoms with Crippen molar-refractivity contribution in [3.05, 3.63) is 0 Å². The van der Waals surface area contributed by atoms with Gasteiger partial charge in [0.05, 0.1) is 64.1 Å². The number of ether oxygens (including phenoxy) is 27. The Morgan fingerprint density at radius 3 is 1.35 bits per heavy atom. The van der Waals surface area contributed by atoms with Gasteiger partial charge in [0.25, 0.3) is 0 Å².